The van der Waals surface area contributed by atoms with E-state index >= 15 is 0 Å². The predicted octanol–water partition coefficient (Wildman–Crippen LogP) is 3.75. The Hall–Kier alpha value is -1.28. The van der Waals surface area contributed by atoms with Gasteiger partial charge in [0, 0.05) is 4.47 Å². The highest BCUT2D eigenvalue weighted by Crippen LogP contribution is 2.17. The molecule has 2 aromatic carbocycles. The highest BCUT2D eigenvalue weighted by atomic mass is 79.9. The minimum Gasteiger partial charge on any atom is -0.508 e. The highest BCUT2D eigenvalue weighted by Gasteiger charge is 1.97. The van der Waals surface area contributed by atoms with Gasteiger partial charge in [0.2, 0.25) is 0 Å². The molecule has 2 heteroatoms. The maximum Gasteiger partial charge on any atom is 0.115 e. The van der Waals surface area contributed by atoms with Gasteiger partial charge in [0.25, 0.3) is 0 Å². The third-order valence-electron chi connectivity index (χ3n) is 2.23. The molecule has 0 aliphatic heterocycles. The van der Waals surface area contributed by atoms with Gasteiger partial charge in [-0.1, -0.05) is 40.2 Å². The smallest absolute Gasteiger partial charge is 0.115 e. The number of benzene rings is 2. The molecule has 0 saturated carbocycles. The molecule has 15 heavy (non-hydrogen) atoms. The molecule has 0 saturated heterocycles. The zero-order valence-corrected chi connectivity index (χ0v) is 9.74. The van der Waals surface area contributed by atoms with Crippen LogP contribution in [0.1, 0.15) is 11.1 Å². The minimum absolute atomic E-state index is 0.313. The van der Waals surface area contributed by atoms with Gasteiger partial charge < -0.3 is 5.11 Å². The first kappa shape index (κ1) is 10.2. The number of hydrogen-bond donors (Lipinski definition) is 1. The molecule has 2 aromatic rings. The molecule has 0 aliphatic rings. The molecule has 0 atom stereocenters. The quantitative estimate of drug-likeness (QED) is 0.874. The molecule has 0 unspecified atom stereocenters. The van der Waals surface area contributed by atoms with Crippen LogP contribution in [0.2, 0.25) is 0 Å². The Balaban J connectivity index is 2.18. The summed E-state index contributed by atoms with van der Waals surface area (Å²) >= 11 is 3.45. The first-order valence-corrected chi connectivity index (χ1v) is 5.56. The van der Waals surface area contributed by atoms with Crippen molar-refractivity contribution >= 4 is 15.9 Å². The molecule has 0 amide bonds. The number of phenolic OH excluding ortho intramolecular Hbond substituents is 1. The summed E-state index contributed by atoms with van der Waals surface area (Å²) < 4.78 is 1.10. The lowest BCUT2D eigenvalue weighted by Crippen LogP contribution is -1.87. The Morgan fingerprint density at radius 2 is 1.67 bits per heavy atom. The highest BCUT2D eigenvalue weighted by molar-refractivity contribution is 9.10. The Labute approximate surface area is 97.5 Å². The maximum absolute atomic E-state index is 9.16. The van der Waals surface area contributed by atoms with Gasteiger partial charge in [-0.05, 0) is 41.8 Å². The van der Waals surface area contributed by atoms with Crippen LogP contribution in [0.25, 0.3) is 0 Å². The standard InChI is InChI=1S/C13H11BrO/c14-12-3-1-2-11(9-12)8-10-4-6-13(15)7-5-10/h1-7,9,15H,8H2. The van der Waals surface area contributed by atoms with Crippen molar-refractivity contribution in [3.05, 3.63) is 64.1 Å². The van der Waals surface area contributed by atoms with Gasteiger partial charge in [-0.3, -0.25) is 0 Å². The fourth-order valence-corrected chi connectivity index (χ4v) is 1.94. The largest absolute Gasteiger partial charge is 0.508 e. The molecule has 1 N–H and O–H groups in total. The van der Waals surface area contributed by atoms with E-state index in [0.29, 0.717) is 5.75 Å². The summed E-state index contributed by atoms with van der Waals surface area (Å²) in [5.41, 5.74) is 2.46. The number of halogens is 1. The van der Waals surface area contributed by atoms with Crippen molar-refractivity contribution in [1.29, 1.82) is 0 Å². The lowest BCUT2D eigenvalue weighted by molar-refractivity contribution is 0.475. The van der Waals surface area contributed by atoms with Crippen molar-refractivity contribution in [3.8, 4) is 5.75 Å². The summed E-state index contributed by atoms with van der Waals surface area (Å²) in [5, 5.41) is 9.16. The molecule has 0 bridgehead atoms. The number of phenols is 1. The molecule has 0 aromatic heterocycles. The van der Waals surface area contributed by atoms with E-state index in [1.165, 1.54) is 11.1 Å². The number of hydrogen-bond acceptors (Lipinski definition) is 1. The molecule has 0 fully saturated rings. The number of aromatic hydroxyl groups is 1. The third kappa shape index (κ3) is 2.83. The SMILES string of the molecule is Oc1ccc(Cc2cccc(Br)c2)cc1. The van der Waals surface area contributed by atoms with E-state index in [1.54, 1.807) is 12.1 Å². The molecule has 2 rings (SSSR count). The first-order valence-electron chi connectivity index (χ1n) is 4.76. The van der Waals surface area contributed by atoms with Crippen molar-refractivity contribution in [2.75, 3.05) is 0 Å². The van der Waals surface area contributed by atoms with Crippen LogP contribution in [0.4, 0.5) is 0 Å². The topological polar surface area (TPSA) is 20.2 Å². The van der Waals surface area contributed by atoms with Gasteiger partial charge >= 0.3 is 0 Å². The van der Waals surface area contributed by atoms with Crippen LogP contribution in [-0.4, -0.2) is 5.11 Å². The van der Waals surface area contributed by atoms with Crippen molar-refractivity contribution in [2.24, 2.45) is 0 Å². The van der Waals surface area contributed by atoms with Crippen LogP contribution < -0.4 is 0 Å². The zero-order valence-electron chi connectivity index (χ0n) is 8.15. The van der Waals surface area contributed by atoms with E-state index < -0.39 is 0 Å². The fraction of sp³-hybridized carbons (Fsp3) is 0.0769. The van der Waals surface area contributed by atoms with E-state index in [1.807, 2.05) is 24.3 Å². The summed E-state index contributed by atoms with van der Waals surface area (Å²) in [6.07, 6.45) is 0.889. The minimum atomic E-state index is 0.313. The lowest BCUT2D eigenvalue weighted by atomic mass is 10.1. The summed E-state index contributed by atoms with van der Waals surface area (Å²) in [5.74, 6) is 0.313. The van der Waals surface area contributed by atoms with Gasteiger partial charge in [-0.25, -0.2) is 0 Å². The molecule has 1 nitrogen and oxygen atoms in total. The van der Waals surface area contributed by atoms with Gasteiger partial charge in [0.05, 0.1) is 0 Å². The fourth-order valence-electron chi connectivity index (χ4n) is 1.50. The van der Waals surface area contributed by atoms with Crippen LogP contribution in [0.5, 0.6) is 5.75 Å². The van der Waals surface area contributed by atoms with Crippen LogP contribution in [-0.2, 0) is 6.42 Å². The van der Waals surface area contributed by atoms with Gasteiger partial charge in [-0.2, -0.15) is 0 Å². The molecule has 76 valence electrons. The average Bonchev–Trinajstić information content (AvgIpc) is 2.22. The average molecular weight is 263 g/mol. The zero-order chi connectivity index (χ0) is 10.7. The van der Waals surface area contributed by atoms with E-state index in [4.69, 9.17) is 5.11 Å². The Morgan fingerprint density at radius 1 is 0.933 bits per heavy atom. The molecular weight excluding hydrogens is 252 g/mol. The Bertz CT molecular complexity index is 448. The Morgan fingerprint density at radius 3 is 2.33 bits per heavy atom. The van der Waals surface area contributed by atoms with Crippen LogP contribution in [0.15, 0.2) is 53.0 Å². The van der Waals surface area contributed by atoms with Crippen molar-refractivity contribution in [1.82, 2.24) is 0 Å². The second-order valence-electron chi connectivity index (χ2n) is 3.47. The second-order valence-corrected chi connectivity index (χ2v) is 4.39. The summed E-state index contributed by atoms with van der Waals surface area (Å²) in [7, 11) is 0. The van der Waals surface area contributed by atoms with Crippen LogP contribution in [0.3, 0.4) is 0 Å². The summed E-state index contributed by atoms with van der Waals surface area (Å²) in [4.78, 5) is 0. The van der Waals surface area contributed by atoms with Crippen molar-refractivity contribution in [2.45, 2.75) is 6.42 Å². The molecule has 0 aliphatic carbocycles. The van der Waals surface area contributed by atoms with Gasteiger partial charge in [-0.15, -0.1) is 0 Å². The van der Waals surface area contributed by atoms with E-state index in [-0.39, 0.29) is 0 Å². The van der Waals surface area contributed by atoms with Gasteiger partial charge in [0.15, 0.2) is 0 Å². The second kappa shape index (κ2) is 4.49. The van der Waals surface area contributed by atoms with Crippen LogP contribution in [0, 0.1) is 0 Å². The van der Waals surface area contributed by atoms with E-state index in [2.05, 4.69) is 28.1 Å². The first-order chi connectivity index (χ1) is 7.24. The van der Waals surface area contributed by atoms with Gasteiger partial charge in [0.1, 0.15) is 5.75 Å². The summed E-state index contributed by atoms with van der Waals surface area (Å²) in [6.45, 7) is 0. The van der Waals surface area contributed by atoms with Crippen LogP contribution >= 0.6 is 15.9 Å². The lowest BCUT2D eigenvalue weighted by Gasteiger charge is -2.02. The summed E-state index contributed by atoms with van der Waals surface area (Å²) in [6, 6.07) is 15.6. The predicted molar refractivity (Wildman–Crippen MR) is 65.1 cm³/mol. The monoisotopic (exact) mass is 262 g/mol. The molecule has 0 spiro atoms. The maximum atomic E-state index is 9.16. The third-order valence-corrected chi connectivity index (χ3v) is 2.73. The normalized spacial score (nSPS) is 10.2. The van der Waals surface area contributed by atoms with E-state index in [0.717, 1.165) is 10.9 Å². The molecule has 0 radical (unpaired) electrons. The van der Waals surface area contributed by atoms with Crippen molar-refractivity contribution in [3.63, 3.8) is 0 Å². The van der Waals surface area contributed by atoms with Crippen molar-refractivity contribution < 1.29 is 5.11 Å². The number of rotatable bonds is 2. The van der Waals surface area contributed by atoms with E-state index in [9.17, 15) is 0 Å². The molecule has 0 heterocycles. The Kier molecular flexibility index (Phi) is 3.07. The molecular formula is C13H11BrO.